The molecule has 1 saturated carbocycles. The van der Waals surface area contributed by atoms with Crippen LogP contribution in [-0.2, 0) is 16.0 Å². The van der Waals surface area contributed by atoms with Gasteiger partial charge in [0.05, 0.1) is 19.8 Å². The highest BCUT2D eigenvalue weighted by atomic mass is 16.5. The number of pyridine rings is 1. The third-order valence-electron chi connectivity index (χ3n) is 3.84. The van der Waals surface area contributed by atoms with Gasteiger partial charge in [-0.05, 0) is 36.8 Å². The molecule has 1 aliphatic rings. The molecule has 7 nitrogen and oxygen atoms in total. The van der Waals surface area contributed by atoms with Crippen LogP contribution >= 0.6 is 0 Å². The van der Waals surface area contributed by atoms with E-state index in [1.54, 1.807) is 20.4 Å². The third-order valence-corrected chi connectivity index (χ3v) is 3.84. The molecule has 0 spiro atoms. The number of guanidine groups is 1. The summed E-state index contributed by atoms with van der Waals surface area (Å²) in [7, 11) is 3.44. The molecule has 0 atom stereocenters. The van der Waals surface area contributed by atoms with Crippen LogP contribution in [0.2, 0.25) is 0 Å². The van der Waals surface area contributed by atoms with Gasteiger partial charge in [-0.1, -0.05) is 0 Å². The zero-order valence-corrected chi connectivity index (χ0v) is 15.3. The van der Waals surface area contributed by atoms with Crippen molar-refractivity contribution in [2.24, 2.45) is 10.9 Å². The number of methoxy groups -OCH3 is 1. The smallest absolute Gasteiger partial charge is 0.213 e. The van der Waals surface area contributed by atoms with Gasteiger partial charge in [-0.2, -0.15) is 0 Å². The first kappa shape index (κ1) is 19.5. The normalized spacial score (nSPS) is 14.4. The van der Waals surface area contributed by atoms with Gasteiger partial charge in [0, 0.05) is 46.1 Å². The van der Waals surface area contributed by atoms with Crippen LogP contribution in [0, 0.1) is 5.92 Å². The number of aliphatic imine (C=N–C) groups is 1. The Hall–Kier alpha value is -1.86. The molecule has 0 radical (unpaired) electrons. The molecule has 2 N–H and O–H groups in total. The van der Waals surface area contributed by atoms with Crippen LogP contribution in [0.4, 0.5) is 0 Å². The summed E-state index contributed by atoms with van der Waals surface area (Å²) in [6.07, 6.45) is 5.26. The Morgan fingerprint density at radius 3 is 2.92 bits per heavy atom. The molecule has 140 valence electrons. The van der Waals surface area contributed by atoms with Crippen molar-refractivity contribution in [2.45, 2.75) is 25.8 Å². The highest BCUT2D eigenvalue weighted by molar-refractivity contribution is 5.79. The number of aromatic nitrogens is 1. The van der Waals surface area contributed by atoms with Crippen molar-refractivity contribution in [1.29, 1.82) is 0 Å². The van der Waals surface area contributed by atoms with Crippen LogP contribution in [0.3, 0.4) is 0 Å². The van der Waals surface area contributed by atoms with Crippen LogP contribution in [0.15, 0.2) is 23.3 Å². The lowest BCUT2D eigenvalue weighted by Gasteiger charge is -2.12. The highest BCUT2D eigenvalue weighted by Gasteiger charge is 2.22. The fourth-order valence-electron chi connectivity index (χ4n) is 2.16. The first-order valence-electron chi connectivity index (χ1n) is 8.90. The zero-order chi connectivity index (χ0) is 17.7. The lowest BCUT2D eigenvalue weighted by Crippen LogP contribution is -2.37. The van der Waals surface area contributed by atoms with Crippen LogP contribution in [0.5, 0.6) is 5.88 Å². The van der Waals surface area contributed by atoms with E-state index in [4.69, 9.17) is 14.2 Å². The predicted octanol–water partition coefficient (Wildman–Crippen LogP) is 1.59. The Bertz CT molecular complexity index is 521. The van der Waals surface area contributed by atoms with Gasteiger partial charge in [-0.15, -0.1) is 0 Å². The van der Waals surface area contributed by atoms with Crippen molar-refractivity contribution in [3.05, 3.63) is 23.9 Å². The van der Waals surface area contributed by atoms with E-state index in [0.29, 0.717) is 32.2 Å². The van der Waals surface area contributed by atoms with Crippen molar-refractivity contribution in [3.63, 3.8) is 0 Å². The third kappa shape index (κ3) is 8.69. The first-order valence-corrected chi connectivity index (χ1v) is 8.90. The average Bonchev–Trinajstić information content (AvgIpc) is 3.46. The molecule has 25 heavy (non-hydrogen) atoms. The lowest BCUT2D eigenvalue weighted by molar-refractivity contribution is 0.0698. The average molecular weight is 350 g/mol. The molecule has 1 aliphatic carbocycles. The Morgan fingerprint density at radius 1 is 1.28 bits per heavy atom. The number of hydrogen-bond acceptors (Lipinski definition) is 5. The Balaban J connectivity index is 1.61. The maximum Gasteiger partial charge on any atom is 0.213 e. The summed E-state index contributed by atoms with van der Waals surface area (Å²) >= 11 is 0. The summed E-state index contributed by atoms with van der Waals surface area (Å²) in [5, 5.41) is 6.57. The van der Waals surface area contributed by atoms with Crippen molar-refractivity contribution in [2.75, 3.05) is 47.1 Å². The highest BCUT2D eigenvalue weighted by Crippen LogP contribution is 2.29. The molecule has 0 unspecified atom stereocenters. The Kier molecular flexibility index (Phi) is 9.07. The van der Waals surface area contributed by atoms with Crippen molar-refractivity contribution < 1.29 is 14.2 Å². The molecule has 0 amide bonds. The predicted molar refractivity (Wildman–Crippen MR) is 98.0 cm³/mol. The summed E-state index contributed by atoms with van der Waals surface area (Å²) in [5.74, 6) is 2.20. The maximum absolute atomic E-state index is 5.72. The van der Waals surface area contributed by atoms with Gasteiger partial charge < -0.3 is 24.8 Å². The van der Waals surface area contributed by atoms with E-state index in [1.165, 1.54) is 12.8 Å². The first-order chi connectivity index (χ1) is 12.3. The lowest BCUT2D eigenvalue weighted by atomic mass is 10.2. The fourth-order valence-corrected chi connectivity index (χ4v) is 2.16. The minimum absolute atomic E-state index is 0.634. The molecule has 1 aromatic rings. The van der Waals surface area contributed by atoms with Crippen LogP contribution in [0.25, 0.3) is 0 Å². The second kappa shape index (κ2) is 11.7. The number of nitrogens with one attached hydrogen (secondary N) is 2. The summed E-state index contributed by atoms with van der Waals surface area (Å²) in [6, 6.07) is 3.96. The summed E-state index contributed by atoms with van der Waals surface area (Å²) in [5.41, 5.74) is 1.12. The molecule has 1 fully saturated rings. The van der Waals surface area contributed by atoms with E-state index in [0.717, 1.165) is 37.0 Å². The van der Waals surface area contributed by atoms with Crippen LogP contribution in [0.1, 0.15) is 24.8 Å². The van der Waals surface area contributed by atoms with Crippen molar-refractivity contribution in [3.8, 4) is 5.88 Å². The monoisotopic (exact) mass is 350 g/mol. The van der Waals surface area contributed by atoms with Gasteiger partial charge in [-0.3, -0.25) is 4.99 Å². The molecular weight excluding hydrogens is 320 g/mol. The molecule has 0 aliphatic heterocycles. The van der Waals surface area contributed by atoms with E-state index in [2.05, 4.69) is 20.6 Å². The summed E-state index contributed by atoms with van der Waals surface area (Å²) in [4.78, 5) is 8.49. The molecule has 7 heteroatoms. The molecular formula is C18H30N4O3. The quantitative estimate of drug-likeness (QED) is 0.339. The largest absolute Gasteiger partial charge is 0.477 e. The van der Waals surface area contributed by atoms with E-state index in [9.17, 15) is 0 Å². The minimum Gasteiger partial charge on any atom is -0.477 e. The van der Waals surface area contributed by atoms with Gasteiger partial charge in [-0.25, -0.2) is 4.98 Å². The van der Waals surface area contributed by atoms with Gasteiger partial charge in [0.25, 0.3) is 0 Å². The second-order valence-corrected chi connectivity index (χ2v) is 6.07. The molecule has 0 saturated heterocycles. The summed E-state index contributed by atoms with van der Waals surface area (Å²) in [6.45, 7) is 4.23. The van der Waals surface area contributed by atoms with Gasteiger partial charge in [0.15, 0.2) is 5.96 Å². The molecule has 2 rings (SSSR count). The molecule has 0 bridgehead atoms. The van der Waals surface area contributed by atoms with E-state index >= 15 is 0 Å². The van der Waals surface area contributed by atoms with E-state index in [-0.39, 0.29) is 0 Å². The minimum atomic E-state index is 0.634. The van der Waals surface area contributed by atoms with Crippen LogP contribution < -0.4 is 15.4 Å². The van der Waals surface area contributed by atoms with Gasteiger partial charge in [0.2, 0.25) is 5.88 Å². The van der Waals surface area contributed by atoms with Gasteiger partial charge in [0.1, 0.15) is 0 Å². The Labute approximate surface area is 150 Å². The number of nitrogens with zero attached hydrogens (tertiary/aromatic N) is 2. The SMILES string of the molecule is CN=C(NCCCOCCOC)NCc1ccnc(OCC2CC2)c1. The topological polar surface area (TPSA) is 77.0 Å². The second-order valence-electron chi connectivity index (χ2n) is 6.07. The Morgan fingerprint density at radius 2 is 2.16 bits per heavy atom. The van der Waals surface area contributed by atoms with E-state index < -0.39 is 0 Å². The van der Waals surface area contributed by atoms with Crippen molar-refractivity contribution >= 4 is 5.96 Å². The molecule has 1 aromatic heterocycles. The van der Waals surface area contributed by atoms with Crippen LogP contribution in [-0.4, -0.2) is 58.1 Å². The van der Waals surface area contributed by atoms with E-state index in [1.807, 2.05) is 12.1 Å². The fraction of sp³-hybridized carbons (Fsp3) is 0.667. The summed E-state index contributed by atoms with van der Waals surface area (Å²) < 4.78 is 16.1. The number of ether oxygens (including phenoxy) is 3. The standard InChI is InChI=1S/C18H30N4O3/c1-19-18(21-7-3-9-24-11-10-23-2)22-13-16-6-8-20-17(12-16)25-14-15-4-5-15/h6,8,12,15H,3-5,7,9-11,13-14H2,1-2H3,(H2,19,21,22). The molecule has 0 aromatic carbocycles. The molecule has 1 heterocycles. The number of hydrogen-bond donors (Lipinski definition) is 2. The zero-order valence-electron chi connectivity index (χ0n) is 15.3. The maximum atomic E-state index is 5.72. The number of rotatable bonds is 12. The van der Waals surface area contributed by atoms with Gasteiger partial charge >= 0.3 is 0 Å². The van der Waals surface area contributed by atoms with Crippen molar-refractivity contribution in [1.82, 2.24) is 15.6 Å².